The van der Waals surface area contributed by atoms with Crippen molar-refractivity contribution in [1.82, 2.24) is 0 Å². The molecule has 5 heteroatoms. The highest BCUT2D eigenvalue weighted by atomic mass is 16.6. The van der Waals surface area contributed by atoms with Crippen LogP contribution in [0.5, 0.6) is 11.5 Å². The molecule has 2 aliphatic heterocycles. The molecule has 1 aromatic carbocycles. The average Bonchev–Trinajstić information content (AvgIpc) is 2.98. The standard InChI is InChI=1S/C15H19NO4/c1-15(2)6-5-11(20-15)8-18-10-3-4-12-13(16-17)9-19-14(12)7-10/h3-4,7,11,17H,5-6,8-9H2,1-2H3/b16-13+. The topological polar surface area (TPSA) is 60.3 Å². The normalized spacial score (nSPS) is 25.5. The van der Waals surface area contributed by atoms with Crippen LogP contribution in [-0.2, 0) is 4.74 Å². The molecule has 1 aromatic rings. The third-order valence-corrected chi connectivity index (χ3v) is 3.74. The molecule has 0 aliphatic carbocycles. The molecule has 1 saturated heterocycles. The van der Waals surface area contributed by atoms with Gasteiger partial charge in [-0.2, -0.15) is 0 Å². The Morgan fingerprint density at radius 2 is 2.30 bits per heavy atom. The van der Waals surface area contributed by atoms with Gasteiger partial charge in [0.25, 0.3) is 0 Å². The molecule has 2 heterocycles. The van der Waals surface area contributed by atoms with Gasteiger partial charge < -0.3 is 19.4 Å². The highest BCUT2D eigenvalue weighted by molar-refractivity contribution is 6.05. The van der Waals surface area contributed by atoms with E-state index < -0.39 is 0 Å². The zero-order chi connectivity index (χ0) is 14.2. The summed E-state index contributed by atoms with van der Waals surface area (Å²) in [5, 5.41) is 12.1. The zero-order valence-electron chi connectivity index (χ0n) is 11.8. The quantitative estimate of drug-likeness (QED) is 0.681. The van der Waals surface area contributed by atoms with E-state index in [0.29, 0.717) is 24.7 Å². The molecule has 0 bridgehead atoms. The van der Waals surface area contributed by atoms with Crippen LogP contribution in [0, 0.1) is 0 Å². The largest absolute Gasteiger partial charge is 0.491 e. The maximum atomic E-state index is 8.84. The molecule has 20 heavy (non-hydrogen) atoms. The molecule has 0 radical (unpaired) electrons. The average molecular weight is 277 g/mol. The van der Waals surface area contributed by atoms with Gasteiger partial charge in [-0.25, -0.2) is 0 Å². The van der Waals surface area contributed by atoms with Crippen LogP contribution in [0.2, 0.25) is 0 Å². The van der Waals surface area contributed by atoms with E-state index in [1.54, 1.807) is 0 Å². The van der Waals surface area contributed by atoms with Crippen LogP contribution in [-0.4, -0.2) is 35.8 Å². The maximum Gasteiger partial charge on any atom is 0.134 e. The van der Waals surface area contributed by atoms with Crippen molar-refractivity contribution in [3.63, 3.8) is 0 Å². The van der Waals surface area contributed by atoms with Crippen molar-refractivity contribution in [1.29, 1.82) is 0 Å². The first-order valence-corrected chi connectivity index (χ1v) is 6.86. The highest BCUT2D eigenvalue weighted by Gasteiger charge is 2.32. The fourth-order valence-corrected chi connectivity index (χ4v) is 2.64. The summed E-state index contributed by atoms with van der Waals surface area (Å²) in [4.78, 5) is 0. The van der Waals surface area contributed by atoms with Gasteiger partial charge in [-0.15, -0.1) is 0 Å². The Hall–Kier alpha value is -1.75. The van der Waals surface area contributed by atoms with E-state index >= 15 is 0 Å². The Balaban J connectivity index is 1.62. The number of oxime groups is 1. The number of benzene rings is 1. The molecule has 0 spiro atoms. The summed E-state index contributed by atoms with van der Waals surface area (Å²) in [5.74, 6) is 1.44. The summed E-state index contributed by atoms with van der Waals surface area (Å²) in [6.07, 6.45) is 2.23. The van der Waals surface area contributed by atoms with Crippen molar-refractivity contribution in [2.24, 2.45) is 5.16 Å². The number of fused-ring (bicyclic) bond motifs is 1. The molecule has 108 valence electrons. The second-order valence-electron chi connectivity index (χ2n) is 5.84. The molecule has 1 atom stereocenters. The fourth-order valence-electron chi connectivity index (χ4n) is 2.64. The molecule has 1 fully saturated rings. The summed E-state index contributed by atoms with van der Waals surface area (Å²) in [7, 11) is 0. The van der Waals surface area contributed by atoms with Gasteiger partial charge in [0.1, 0.15) is 30.4 Å². The first kappa shape index (κ1) is 13.2. The minimum atomic E-state index is -0.0401. The molecular formula is C15H19NO4. The van der Waals surface area contributed by atoms with Crippen molar-refractivity contribution in [2.45, 2.75) is 38.4 Å². The molecule has 0 saturated carbocycles. The Morgan fingerprint density at radius 1 is 1.45 bits per heavy atom. The van der Waals surface area contributed by atoms with Gasteiger partial charge in [0, 0.05) is 11.6 Å². The number of nitrogens with zero attached hydrogens (tertiary/aromatic N) is 1. The lowest BCUT2D eigenvalue weighted by Crippen LogP contribution is -2.23. The second-order valence-corrected chi connectivity index (χ2v) is 5.84. The lowest BCUT2D eigenvalue weighted by molar-refractivity contribution is -0.0326. The molecule has 5 nitrogen and oxygen atoms in total. The summed E-state index contributed by atoms with van der Waals surface area (Å²) in [5.41, 5.74) is 1.33. The Morgan fingerprint density at radius 3 is 3.00 bits per heavy atom. The number of hydrogen-bond acceptors (Lipinski definition) is 5. The summed E-state index contributed by atoms with van der Waals surface area (Å²) in [6.45, 7) is 5.05. The van der Waals surface area contributed by atoms with Crippen LogP contribution >= 0.6 is 0 Å². The van der Waals surface area contributed by atoms with E-state index in [1.165, 1.54) is 0 Å². The first-order valence-electron chi connectivity index (χ1n) is 6.86. The van der Waals surface area contributed by atoms with Crippen molar-refractivity contribution in [3.8, 4) is 11.5 Å². The summed E-state index contributed by atoms with van der Waals surface area (Å²) >= 11 is 0. The van der Waals surface area contributed by atoms with Gasteiger partial charge in [0.15, 0.2) is 0 Å². The highest BCUT2D eigenvalue weighted by Crippen LogP contribution is 2.32. The van der Waals surface area contributed by atoms with Crippen LogP contribution in [0.3, 0.4) is 0 Å². The molecule has 2 aliphatic rings. The number of hydrogen-bond donors (Lipinski definition) is 1. The van der Waals surface area contributed by atoms with Gasteiger partial charge >= 0.3 is 0 Å². The van der Waals surface area contributed by atoms with E-state index in [4.69, 9.17) is 19.4 Å². The molecule has 0 amide bonds. The predicted octanol–water partition coefficient (Wildman–Crippen LogP) is 2.59. The van der Waals surface area contributed by atoms with Gasteiger partial charge in [-0.3, -0.25) is 0 Å². The van der Waals surface area contributed by atoms with Crippen LogP contribution in [0.4, 0.5) is 0 Å². The van der Waals surface area contributed by atoms with Crippen molar-refractivity contribution in [3.05, 3.63) is 23.8 Å². The SMILES string of the molecule is CC1(C)CCC(COc2ccc3c(c2)OC/C3=N\O)O1. The molecule has 3 rings (SSSR count). The Kier molecular flexibility index (Phi) is 3.30. The Bertz CT molecular complexity index is 539. The zero-order valence-corrected chi connectivity index (χ0v) is 11.8. The van der Waals surface area contributed by atoms with E-state index in [9.17, 15) is 0 Å². The lowest BCUT2D eigenvalue weighted by Gasteiger charge is -2.19. The number of rotatable bonds is 3. The van der Waals surface area contributed by atoms with Crippen molar-refractivity contribution < 1.29 is 19.4 Å². The van der Waals surface area contributed by atoms with E-state index in [2.05, 4.69) is 19.0 Å². The minimum absolute atomic E-state index is 0.0401. The van der Waals surface area contributed by atoms with E-state index in [1.807, 2.05) is 18.2 Å². The third-order valence-electron chi connectivity index (χ3n) is 3.74. The van der Waals surface area contributed by atoms with Gasteiger partial charge in [0.2, 0.25) is 0 Å². The maximum absolute atomic E-state index is 8.84. The van der Waals surface area contributed by atoms with Crippen LogP contribution in [0.25, 0.3) is 0 Å². The Labute approximate surface area is 118 Å². The fraction of sp³-hybridized carbons (Fsp3) is 0.533. The molecule has 1 unspecified atom stereocenters. The molecular weight excluding hydrogens is 258 g/mol. The number of ether oxygens (including phenoxy) is 3. The van der Waals surface area contributed by atoms with E-state index in [-0.39, 0.29) is 11.7 Å². The van der Waals surface area contributed by atoms with Crippen molar-refractivity contribution in [2.75, 3.05) is 13.2 Å². The van der Waals surface area contributed by atoms with Crippen LogP contribution in [0.15, 0.2) is 23.4 Å². The molecule has 0 aromatic heterocycles. The predicted molar refractivity (Wildman–Crippen MR) is 73.9 cm³/mol. The van der Waals surface area contributed by atoms with Crippen molar-refractivity contribution >= 4 is 5.71 Å². The smallest absolute Gasteiger partial charge is 0.134 e. The molecule has 1 N–H and O–H groups in total. The monoisotopic (exact) mass is 277 g/mol. The first-order chi connectivity index (χ1) is 9.57. The lowest BCUT2D eigenvalue weighted by atomic mass is 10.1. The van der Waals surface area contributed by atoms with Gasteiger partial charge in [-0.05, 0) is 38.8 Å². The summed E-state index contributed by atoms with van der Waals surface area (Å²) < 4.78 is 17.1. The third kappa shape index (κ3) is 2.58. The summed E-state index contributed by atoms with van der Waals surface area (Å²) in [6, 6.07) is 5.54. The van der Waals surface area contributed by atoms with Gasteiger partial charge in [-0.1, -0.05) is 5.16 Å². The van der Waals surface area contributed by atoms with Crippen LogP contribution in [0.1, 0.15) is 32.3 Å². The minimum Gasteiger partial charge on any atom is -0.491 e. The van der Waals surface area contributed by atoms with Gasteiger partial charge in [0.05, 0.1) is 11.7 Å². The van der Waals surface area contributed by atoms with Crippen LogP contribution < -0.4 is 9.47 Å². The second kappa shape index (κ2) is 4.98. The van der Waals surface area contributed by atoms with E-state index in [0.717, 1.165) is 24.2 Å².